The molecule has 0 fully saturated rings. The van der Waals surface area contributed by atoms with Crippen LogP contribution < -0.4 is 10.6 Å². The first-order valence-corrected chi connectivity index (χ1v) is 9.29. The van der Waals surface area contributed by atoms with Gasteiger partial charge in [0.15, 0.2) is 5.96 Å². The van der Waals surface area contributed by atoms with Gasteiger partial charge in [-0.1, -0.05) is 11.8 Å². The molecule has 0 aliphatic carbocycles. The Morgan fingerprint density at radius 2 is 2.30 bits per heavy atom. The van der Waals surface area contributed by atoms with E-state index in [1.54, 1.807) is 11.3 Å². The minimum absolute atomic E-state index is 0. The number of hydrogen-bond donors (Lipinski definition) is 2. The van der Waals surface area contributed by atoms with Crippen LogP contribution in [0, 0.1) is 0 Å². The lowest BCUT2D eigenvalue weighted by Gasteiger charge is -2.10. The van der Waals surface area contributed by atoms with Gasteiger partial charge in [-0.2, -0.15) is 0 Å². The summed E-state index contributed by atoms with van der Waals surface area (Å²) in [6.07, 6.45) is 7.07. The molecular formula is C15H24IN5S2. The van der Waals surface area contributed by atoms with E-state index in [4.69, 9.17) is 0 Å². The van der Waals surface area contributed by atoms with Crippen LogP contribution in [0.2, 0.25) is 0 Å². The number of nitrogens with one attached hydrogen (secondary N) is 2. The van der Waals surface area contributed by atoms with Crippen molar-refractivity contribution in [1.29, 1.82) is 0 Å². The summed E-state index contributed by atoms with van der Waals surface area (Å²) in [5, 5.41) is 8.67. The van der Waals surface area contributed by atoms with Gasteiger partial charge in [-0.25, -0.2) is 9.98 Å². The van der Waals surface area contributed by atoms with Crippen molar-refractivity contribution in [2.75, 3.05) is 18.8 Å². The Balaban J connectivity index is 0.00000264. The summed E-state index contributed by atoms with van der Waals surface area (Å²) in [7, 11) is 2.02. The highest BCUT2D eigenvalue weighted by molar-refractivity contribution is 14.0. The zero-order valence-electron chi connectivity index (χ0n) is 13.5. The Morgan fingerprint density at radius 3 is 2.96 bits per heavy atom. The molecule has 2 aromatic rings. The third-order valence-corrected chi connectivity index (χ3v) is 4.96. The third kappa shape index (κ3) is 8.07. The van der Waals surface area contributed by atoms with Gasteiger partial charge in [0, 0.05) is 49.9 Å². The molecule has 0 aromatic carbocycles. The van der Waals surface area contributed by atoms with Gasteiger partial charge >= 0.3 is 0 Å². The topological polar surface area (TPSA) is 54.2 Å². The Kier molecular flexibility index (Phi) is 10.4. The maximum atomic E-state index is 4.61. The van der Waals surface area contributed by atoms with E-state index in [0.29, 0.717) is 6.54 Å². The highest BCUT2D eigenvalue weighted by Crippen LogP contribution is 2.20. The number of hydrogen-bond acceptors (Lipinski definition) is 4. The molecule has 0 saturated carbocycles. The van der Waals surface area contributed by atoms with E-state index in [-0.39, 0.29) is 24.0 Å². The lowest BCUT2D eigenvalue weighted by molar-refractivity contribution is 0.789. The lowest BCUT2D eigenvalue weighted by atomic mass is 10.3. The van der Waals surface area contributed by atoms with Crippen molar-refractivity contribution in [3.8, 4) is 0 Å². The van der Waals surface area contributed by atoms with Gasteiger partial charge in [0.2, 0.25) is 0 Å². The van der Waals surface area contributed by atoms with Crippen molar-refractivity contribution >= 4 is 53.0 Å². The first-order chi connectivity index (χ1) is 10.8. The van der Waals surface area contributed by atoms with Crippen LogP contribution in [0.5, 0.6) is 0 Å². The Morgan fingerprint density at radius 1 is 1.43 bits per heavy atom. The van der Waals surface area contributed by atoms with E-state index in [1.165, 1.54) is 5.56 Å². The first kappa shape index (κ1) is 20.3. The standard InChI is InChI=1S/C15H23N5S2.HI/c1-3-16-14(19-11-13-5-8-20(2)12-13)17-6-4-9-21-15-18-7-10-22-15;/h5,7-8,10,12H,3-4,6,9,11H2,1-2H3,(H2,16,17,19);1H. The molecule has 0 spiro atoms. The molecule has 0 atom stereocenters. The number of halogens is 1. The van der Waals surface area contributed by atoms with Crippen molar-refractivity contribution in [1.82, 2.24) is 20.2 Å². The number of aliphatic imine (C=N–C) groups is 1. The maximum Gasteiger partial charge on any atom is 0.191 e. The van der Waals surface area contributed by atoms with Crippen LogP contribution in [-0.2, 0) is 13.6 Å². The fourth-order valence-corrected chi connectivity index (χ4v) is 3.53. The Labute approximate surface area is 163 Å². The normalized spacial score (nSPS) is 11.1. The average molecular weight is 465 g/mol. The monoisotopic (exact) mass is 465 g/mol. The number of aryl methyl sites for hydroxylation is 1. The summed E-state index contributed by atoms with van der Waals surface area (Å²) in [6.45, 7) is 4.57. The number of thioether (sulfide) groups is 1. The summed E-state index contributed by atoms with van der Waals surface area (Å²) < 4.78 is 3.19. The van der Waals surface area contributed by atoms with Crippen LogP contribution in [0.1, 0.15) is 18.9 Å². The van der Waals surface area contributed by atoms with E-state index in [2.05, 4.69) is 39.8 Å². The van der Waals surface area contributed by atoms with Gasteiger partial charge in [-0.3, -0.25) is 0 Å². The quantitative estimate of drug-likeness (QED) is 0.207. The van der Waals surface area contributed by atoms with E-state index in [9.17, 15) is 0 Å². The van der Waals surface area contributed by atoms with Gasteiger partial charge < -0.3 is 15.2 Å². The Hall–Kier alpha value is -0.740. The fraction of sp³-hybridized carbons (Fsp3) is 0.467. The predicted molar refractivity (Wildman–Crippen MR) is 111 cm³/mol. The molecule has 0 aliphatic heterocycles. The summed E-state index contributed by atoms with van der Waals surface area (Å²) >= 11 is 3.51. The molecule has 0 radical (unpaired) electrons. The molecule has 2 rings (SSSR count). The van der Waals surface area contributed by atoms with Gasteiger partial charge in [-0.15, -0.1) is 35.3 Å². The third-order valence-electron chi connectivity index (χ3n) is 2.91. The molecule has 0 bridgehead atoms. The molecule has 2 heterocycles. The highest BCUT2D eigenvalue weighted by Gasteiger charge is 1.99. The second kappa shape index (κ2) is 11.7. The molecule has 0 aliphatic rings. The van der Waals surface area contributed by atoms with E-state index < -0.39 is 0 Å². The van der Waals surface area contributed by atoms with Gasteiger partial charge in [0.1, 0.15) is 4.34 Å². The van der Waals surface area contributed by atoms with Crippen LogP contribution in [0.15, 0.2) is 39.4 Å². The van der Waals surface area contributed by atoms with Crippen LogP contribution in [0.25, 0.3) is 0 Å². The molecule has 2 N–H and O–H groups in total. The summed E-state index contributed by atoms with van der Waals surface area (Å²) in [5.41, 5.74) is 1.22. The molecule has 2 aromatic heterocycles. The molecule has 23 heavy (non-hydrogen) atoms. The summed E-state index contributed by atoms with van der Waals surface area (Å²) in [4.78, 5) is 8.88. The van der Waals surface area contributed by atoms with Crippen LogP contribution in [0.4, 0.5) is 0 Å². The molecule has 5 nitrogen and oxygen atoms in total. The first-order valence-electron chi connectivity index (χ1n) is 7.43. The van der Waals surface area contributed by atoms with Gasteiger partial charge in [-0.05, 0) is 25.0 Å². The summed E-state index contributed by atoms with van der Waals surface area (Å²) in [5.74, 6) is 1.95. The maximum absolute atomic E-state index is 4.61. The van der Waals surface area contributed by atoms with Crippen LogP contribution in [0.3, 0.4) is 0 Å². The number of guanidine groups is 1. The molecule has 0 saturated heterocycles. The number of aromatic nitrogens is 2. The summed E-state index contributed by atoms with van der Waals surface area (Å²) in [6, 6.07) is 2.09. The molecule has 128 valence electrons. The van der Waals surface area contributed by atoms with Crippen molar-refractivity contribution < 1.29 is 0 Å². The van der Waals surface area contributed by atoms with E-state index >= 15 is 0 Å². The second-order valence-corrected chi connectivity index (χ2v) is 7.04. The van der Waals surface area contributed by atoms with Crippen molar-refractivity contribution in [3.63, 3.8) is 0 Å². The van der Waals surface area contributed by atoms with Crippen LogP contribution >= 0.6 is 47.1 Å². The highest BCUT2D eigenvalue weighted by atomic mass is 127. The molecule has 0 amide bonds. The fourth-order valence-electron chi connectivity index (χ4n) is 1.89. The largest absolute Gasteiger partial charge is 0.357 e. The zero-order chi connectivity index (χ0) is 15.6. The predicted octanol–water partition coefficient (Wildman–Crippen LogP) is 3.34. The van der Waals surface area contributed by atoms with Gasteiger partial charge in [0.05, 0.1) is 6.54 Å². The zero-order valence-corrected chi connectivity index (χ0v) is 17.5. The molecule has 8 heteroatoms. The SMILES string of the molecule is CCNC(=NCc1ccn(C)c1)NCCCSc1nccs1.I. The average Bonchev–Trinajstić information content (AvgIpc) is 3.16. The Bertz CT molecular complexity index is 568. The van der Waals surface area contributed by atoms with Crippen LogP contribution in [-0.4, -0.2) is 34.4 Å². The van der Waals surface area contributed by atoms with Crippen molar-refractivity contribution in [2.45, 2.75) is 24.2 Å². The molecule has 0 unspecified atom stereocenters. The second-order valence-electron chi connectivity index (χ2n) is 4.81. The van der Waals surface area contributed by atoms with E-state index in [0.717, 1.165) is 35.6 Å². The van der Waals surface area contributed by atoms with Gasteiger partial charge in [0.25, 0.3) is 0 Å². The smallest absolute Gasteiger partial charge is 0.191 e. The lowest BCUT2D eigenvalue weighted by Crippen LogP contribution is -2.37. The number of rotatable bonds is 8. The number of nitrogens with zero attached hydrogens (tertiary/aromatic N) is 3. The minimum Gasteiger partial charge on any atom is -0.357 e. The molecular weight excluding hydrogens is 441 g/mol. The van der Waals surface area contributed by atoms with Crippen molar-refractivity contribution in [3.05, 3.63) is 35.6 Å². The van der Waals surface area contributed by atoms with E-state index in [1.807, 2.05) is 41.2 Å². The van der Waals surface area contributed by atoms with Crippen molar-refractivity contribution in [2.24, 2.45) is 12.0 Å². The number of thiazole rings is 1. The minimum atomic E-state index is 0.